The van der Waals surface area contributed by atoms with Crippen LogP contribution in [0.15, 0.2) is 36.5 Å². The zero-order valence-corrected chi connectivity index (χ0v) is 38.9. The Hall–Kier alpha value is -3.30. The van der Waals surface area contributed by atoms with E-state index < -0.39 is 29.2 Å². The monoisotopic (exact) mass is 894 g/mol. The van der Waals surface area contributed by atoms with Gasteiger partial charge in [0.2, 0.25) is 6.10 Å². The Labute approximate surface area is 373 Å². The molecule has 6 aliphatic carbocycles. The molecular formula is C46H70O13S2. The molecule has 1 heterocycles. The van der Waals surface area contributed by atoms with Crippen LogP contribution in [0.2, 0.25) is 0 Å². The molecule has 7 fully saturated rings. The molecule has 3 unspecified atom stereocenters. The second-order valence-corrected chi connectivity index (χ2v) is 19.3. The number of aliphatic hydroxyl groups excluding tert-OH is 1. The van der Waals surface area contributed by atoms with Gasteiger partial charge in [-0.25, -0.2) is 19.2 Å². The van der Waals surface area contributed by atoms with Crippen LogP contribution in [-0.4, -0.2) is 95.2 Å². The second kappa shape index (κ2) is 23.4. The van der Waals surface area contributed by atoms with Crippen molar-refractivity contribution in [2.75, 3.05) is 31.3 Å². The van der Waals surface area contributed by atoms with Crippen LogP contribution >= 0.6 is 25.3 Å². The molecule has 344 valence electrons. The Bertz CT molecular complexity index is 1580. The molecule has 1 saturated heterocycles. The summed E-state index contributed by atoms with van der Waals surface area (Å²) < 4.78 is 30.6. The maximum atomic E-state index is 11.8. The van der Waals surface area contributed by atoms with Crippen molar-refractivity contribution in [3.05, 3.63) is 36.5 Å². The SMILES string of the molecule is C=C(C)C(=O)OC1(C)C2CC3CC(C2)CC1C3.C=C(C)C(=O)OC1(CO)CC2CCCC(C2)C1.C=C(C)C(=O)OC1CCOC1=O.CC(C)(CCOC(=O)CS)OC(=O)CS. The number of rotatable bonds is 13. The highest BCUT2D eigenvalue weighted by molar-refractivity contribution is 7.81. The molecule has 0 aromatic rings. The van der Waals surface area contributed by atoms with E-state index in [4.69, 9.17) is 23.7 Å². The van der Waals surface area contributed by atoms with E-state index in [1.54, 1.807) is 27.7 Å². The van der Waals surface area contributed by atoms with E-state index in [9.17, 15) is 33.9 Å². The van der Waals surface area contributed by atoms with E-state index in [0.717, 1.165) is 24.7 Å². The molecule has 0 spiro atoms. The number of ether oxygens (including phenoxy) is 6. The highest BCUT2D eigenvalue weighted by atomic mass is 32.1. The van der Waals surface area contributed by atoms with Crippen LogP contribution < -0.4 is 0 Å². The highest BCUT2D eigenvalue weighted by Gasteiger charge is 2.57. The molecule has 1 N–H and O–H groups in total. The minimum Gasteiger partial charge on any atom is -0.465 e. The van der Waals surface area contributed by atoms with Crippen molar-refractivity contribution in [2.45, 2.75) is 148 Å². The zero-order valence-electron chi connectivity index (χ0n) is 37.1. The lowest BCUT2D eigenvalue weighted by Gasteiger charge is -2.59. The van der Waals surface area contributed by atoms with Crippen LogP contribution in [0.3, 0.4) is 0 Å². The van der Waals surface area contributed by atoms with Crippen LogP contribution in [0, 0.1) is 35.5 Å². The van der Waals surface area contributed by atoms with Gasteiger partial charge in [-0.1, -0.05) is 39.0 Å². The Morgan fingerprint density at radius 2 is 1.25 bits per heavy atom. The van der Waals surface area contributed by atoms with Crippen molar-refractivity contribution in [3.8, 4) is 0 Å². The van der Waals surface area contributed by atoms with Gasteiger partial charge in [0.25, 0.3) is 0 Å². The number of carbonyl (C=O) groups excluding carboxylic acids is 6. The maximum Gasteiger partial charge on any atom is 0.347 e. The van der Waals surface area contributed by atoms with Crippen LogP contribution in [0.1, 0.15) is 125 Å². The Morgan fingerprint density at radius 3 is 1.69 bits per heavy atom. The topological polar surface area (TPSA) is 178 Å². The Kier molecular flexibility index (Phi) is 20.0. The first-order chi connectivity index (χ1) is 28.5. The summed E-state index contributed by atoms with van der Waals surface area (Å²) in [5, 5.41) is 9.62. The van der Waals surface area contributed by atoms with Crippen LogP contribution in [-0.2, 0) is 57.2 Å². The van der Waals surface area contributed by atoms with E-state index in [0.29, 0.717) is 54.3 Å². The maximum absolute atomic E-state index is 11.8. The van der Waals surface area contributed by atoms with Gasteiger partial charge >= 0.3 is 35.8 Å². The molecule has 0 radical (unpaired) electrons. The predicted molar refractivity (Wildman–Crippen MR) is 235 cm³/mol. The van der Waals surface area contributed by atoms with Crippen LogP contribution in [0.25, 0.3) is 0 Å². The van der Waals surface area contributed by atoms with Gasteiger partial charge < -0.3 is 33.5 Å². The van der Waals surface area contributed by atoms with Crippen LogP contribution in [0.4, 0.5) is 0 Å². The predicted octanol–water partition coefficient (Wildman–Crippen LogP) is 7.28. The summed E-state index contributed by atoms with van der Waals surface area (Å²) in [7, 11) is 0. The molecular weight excluding hydrogens is 825 g/mol. The summed E-state index contributed by atoms with van der Waals surface area (Å²) in [5.41, 5.74) is -0.257. The van der Waals surface area contributed by atoms with E-state index in [1.807, 2.05) is 0 Å². The lowest BCUT2D eigenvalue weighted by atomic mass is 9.50. The van der Waals surface area contributed by atoms with Gasteiger partial charge in [0, 0.05) is 29.6 Å². The molecule has 13 nitrogen and oxygen atoms in total. The number of hydrogen-bond acceptors (Lipinski definition) is 15. The molecule has 6 saturated carbocycles. The molecule has 7 rings (SSSR count). The first-order valence-corrected chi connectivity index (χ1v) is 22.8. The first kappa shape index (κ1) is 52.0. The average Bonchev–Trinajstić information content (AvgIpc) is 3.60. The molecule has 7 aliphatic rings. The first-order valence-electron chi connectivity index (χ1n) is 21.6. The van der Waals surface area contributed by atoms with Gasteiger partial charge in [0.05, 0.1) is 31.3 Å². The molecule has 0 aromatic heterocycles. The lowest BCUT2D eigenvalue weighted by molar-refractivity contribution is -0.199. The standard InChI is InChI=1S/C15H22O2.C14H22O3.C9H16O4S2.C8H10O4/c1-9(2)14(16)17-15(3)12-5-10-4-11(7-12)8-13(15)6-10;1-10(2)13(16)17-14(9-15)7-11-4-3-5-12(6-11)8-14;1-9(2,13-8(11)6-15)3-4-12-7(10)5-14;1-5(2)7(9)12-6-3-4-11-8(6)10/h10-13H,1,4-8H2,2-3H3;11-12,15H,1,3-9H2,2H3;14-15H,3-6H2,1-2H3;6H,1,3-4H2,2H3. The fourth-order valence-corrected chi connectivity index (χ4v) is 9.83. The molecule has 6 bridgehead atoms. The average molecular weight is 895 g/mol. The molecule has 3 atom stereocenters. The van der Waals surface area contributed by atoms with Gasteiger partial charge in [-0.2, -0.15) is 25.3 Å². The summed E-state index contributed by atoms with van der Waals surface area (Å²) in [5.74, 6) is 2.02. The van der Waals surface area contributed by atoms with Crippen LogP contribution in [0.5, 0.6) is 0 Å². The summed E-state index contributed by atoms with van der Waals surface area (Å²) >= 11 is 7.56. The number of aliphatic hydroxyl groups is 1. The summed E-state index contributed by atoms with van der Waals surface area (Å²) in [6, 6.07) is 0. The van der Waals surface area contributed by atoms with E-state index >= 15 is 0 Å². The van der Waals surface area contributed by atoms with Gasteiger partial charge in [-0.05, 0) is 128 Å². The van der Waals surface area contributed by atoms with Crippen molar-refractivity contribution in [2.24, 2.45) is 35.5 Å². The van der Waals surface area contributed by atoms with Crippen molar-refractivity contribution in [1.29, 1.82) is 0 Å². The molecule has 0 aromatic carbocycles. The molecule has 61 heavy (non-hydrogen) atoms. The number of carbonyl (C=O) groups is 6. The second-order valence-electron chi connectivity index (χ2n) is 18.6. The summed E-state index contributed by atoms with van der Waals surface area (Å²) in [6.07, 6.45) is 13.3. The van der Waals surface area contributed by atoms with E-state index in [2.05, 4.69) is 56.7 Å². The normalized spacial score (nSPS) is 30.2. The number of thiol groups is 2. The fraction of sp³-hybridized carbons (Fsp3) is 0.739. The number of esters is 6. The number of cyclic esters (lactones) is 1. The molecule has 15 heteroatoms. The number of fused-ring (bicyclic) bond motifs is 2. The summed E-state index contributed by atoms with van der Waals surface area (Å²) in [6.45, 7) is 21.8. The fourth-order valence-electron chi connectivity index (χ4n) is 9.67. The van der Waals surface area contributed by atoms with E-state index in [1.165, 1.54) is 64.7 Å². The minimum absolute atomic E-state index is 0.0415. The molecule has 0 amide bonds. The Morgan fingerprint density at radius 1 is 0.754 bits per heavy atom. The van der Waals surface area contributed by atoms with E-state index in [-0.39, 0.29) is 59.8 Å². The third kappa shape index (κ3) is 15.8. The quantitative estimate of drug-likeness (QED) is 0.0728. The molecule has 1 aliphatic heterocycles. The highest BCUT2D eigenvalue weighted by Crippen LogP contribution is 2.59. The smallest absolute Gasteiger partial charge is 0.347 e. The lowest BCUT2D eigenvalue weighted by Crippen LogP contribution is -2.58. The van der Waals surface area contributed by atoms with Gasteiger partial charge in [0.1, 0.15) is 16.8 Å². The van der Waals surface area contributed by atoms with Gasteiger partial charge in [0.15, 0.2) is 0 Å². The third-order valence-electron chi connectivity index (χ3n) is 12.7. The van der Waals surface area contributed by atoms with Gasteiger partial charge in [-0.3, -0.25) is 9.59 Å². The summed E-state index contributed by atoms with van der Waals surface area (Å²) in [4.78, 5) is 66.9. The third-order valence-corrected chi connectivity index (χ3v) is 13.2. The van der Waals surface area contributed by atoms with Crippen molar-refractivity contribution in [3.63, 3.8) is 0 Å². The van der Waals surface area contributed by atoms with Crippen molar-refractivity contribution in [1.82, 2.24) is 0 Å². The Balaban J connectivity index is 0.000000219. The zero-order chi connectivity index (χ0) is 45.7. The van der Waals surface area contributed by atoms with Crippen molar-refractivity contribution < 1.29 is 62.3 Å². The number of hydrogen-bond donors (Lipinski definition) is 3. The largest absolute Gasteiger partial charge is 0.465 e. The minimum atomic E-state index is -0.728. The van der Waals surface area contributed by atoms with Gasteiger partial charge in [-0.15, -0.1) is 0 Å². The van der Waals surface area contributed by atoms with Crippen molar-refractivity contribution >= 4 is 61.1 Å².